The molecule has 19 heavy (non-hydrogen) atoms. The topological polar surface area (TPSA) is 75.3 Å². The molecule has 1 amide bonds. The average Bonchev–Trinajstić information content (AvgIpc) is 2.33. The number of aromatic hydroxyl groups is 1. The van der Waals surface area contributed by atoms with Gasteiger partial charge in [-0.2, -0.15) is 0 Å². The van der Waals surface area contributed by atoms with E-state index in [4.69, 9.17) is 5.73 Å². The van der Waals surface area contributed by atoms with Gasteiger partial charge < -0.3 is 16.2 Å². The van der Waals surface area contributed by atoms with Gasteiger partial charge in [-0.05, 0) is 38.5 Å². The summed E-state index contributed by atoms with van der Waals surface area (Å²) >= 11 is 3.39. The van der Waals surface area contributed by atoms with Crippen LogP contribution in [0.2, 0.25) is 0 Å². The standard InChI is InChI=1S/C14H21BrN2O2/c1-4-11(17-8-14(2,3)13(16)19)10-7-9(15)5-6-12(10)18/h5-7,11,17-18H,4,8H2,1-3H3,(H2,16,19). The van der Waals surface area contributed by atoms with Crippen molar-refractivity contribution >= 4 is 21.8 Å². The van der Waals surface area contributed by atoms with Gasteiger partial charge in [0.2, 0.25) is 5.91 Å². The zero-order chi connectivity index (χ0) is 14.6. The zero-order valence-corrected chi connectivity index (χ0v) is 13.1. The first-order valence-electron chi connectivity index (χ1n) is 6.29. The van der Waals surface area contributed by atoms with Gasteiger partial charge >= 0.3 is 0 Å². The molecule has 0 saturated heterocycles. The number of benzene rings is 1. The van der Waals surface area contributed by atoms with Crippen molar-refractivity contribution in [3.05, 3.63) is 28.2 Å². The van der Waals surface area contributed by atoms with Crippen LogP contribution < -0.4 is 11.1 Å². The number of carbonyl (C=O) groups is 1. The van der Waals surface area contributed by atoms with Crippen LogP contribution in [0.4, 0.5) is 0 Å². The molecule has 1 atom stereocenters. The van der Waals surface area contributed by atoms with Crippen molar-refractivity contribution in [2.75, 3.05) is 6.54 Å². The number of carbonyl (C=O) groups excluding carboxylic acids is 1. The molecule has 0 aliphatic carbocycles. The summed E-state index contributed by atoms with van der Waals surface area (Å²) in [7, 11) is 0. The number of hydrogen-bond acceptors (Lipinski definition) is 3. The van der Waals surface area contributed by atoms with Crippen LogP contribution in [-0.4, -0.2) is 17.6 Å². The van der Waals surface area contributed by atoms with E-state index >= 15 is 0 Å². The second kappa shape index (κ2) is 6.39. The minimum atomic E-state index is -0.616. The molecule has 106 valence electrons. The Bertz CT molecular complexity index is 461. The van der Waals surface area contributed by atoms with Crippen molar-refractivity contribution in [1.82, 2.24) is 5.32 Å². The third-order valence-electron chi connectivity index (χ3n) is 3.23. The largest absolute Gasteiger partial charge is 0.508 e. The fourth-order valence-electron chi connectivity index (χ4n) is 1.74. The third-order valence-corrected chi connectivity index (χ3v) is 3.72. The van der Waals surface area contributed by atoms with Gasteiger partial charge in [0.15, 0.2) is 0 Å². The van der Waals surface area contributed by atoms with Crippen LogP contribution in [0.3, 0.4) is 0 Å². The van der Waals surface area contributed by atoms with Crippen molar-refractivity contribution in [1.29, 1.82) is 0 Å². The maximum atomic E-state index is 11.3. The van der Waals surface area contributed by atoms with Crippen LogP contribution in [0.25, 0.3) is 0 Å². The molecule has 5 heteroatoms. The molecule has 0 heterocycles. The SMILES string of the molecule is CCC(NCC(C)(C)C(N)=O)c1cc(Br)ccc1O. The molecule has 0 aliphatic heterocycles. The molecule has 0 radical (unpaired) electrons. The first-order valence-corrected chi connectivity index (χ1v) is 7.09. The van der Waals surface area contributed by atoms with Gasteiger partial charge in [0.25, 0.3) is 0 Å². The Morgan fingerprint density at radius 2 is 2.16 bits per heavy atom. The van der Waals surface area contributed by atoms with Crippen LogP contribution in [0.1, 0.15) is 38.8 Å². The van der Waals surface area contributed by atoms with E-state index in [0.29, 0.717) is 6.54 Å². The fourth-order valence-corrected chi connectivity index (χ4v) is 2.12. The molecule has 1 aromatic carbocycles. The summed E-state index contributed by atoms with van der Waals surface area (Å²) in [6.07, 6.45) is 0.804. The Morgan fingerprint density at radius 3 is 2.68 bits per heavy atom. The van der Waals surface area contributed by atoms with E-state index in [2.05, 4.69) is 21.2 Å². The Balaban J connectivity index is 2.84. The normalized spacial score (nSPS) is 13.3. The molecule has 0 bridgehead atoms. The minimum Gasteiger partial charge on any atom is -0.508 e. The predicted molar refractivity (Wildman–Crippen MR) is 79.8 cm³/mol. The van der Waals surface area contributed by atoms with Crippen molar-refractivity contribution in [3.63, 3.8) is 0 Å². The average molecular weight is 329 g/mol. The van der Waals surface area contributed by atoms with Gasteiger partial charge in [0.1, 0.15) is 5.75 Å². The van der Waals surface area contributed by atoms with Crippen molar-refractivity contribution in [2.24, 2.45) is 11.1 Å². The van der Waals surface area contributed by atoms with E-state index < -0.39 is 5.41 Å². The number of phenolic OH excluding ortho intramolecular Hbond substituents is 1. The van der Waals surface area contributed by atoms with E-state index in [1.807, 2.05) is 13.0 Å². The maximum Gasteiger partial charge on any atom is 0.224 e. The van der Waals surface area contributed by atoms with Crippen LogP contribution in [0.15, 0.2) is 22.7 Å². The first-order chi connectivity index (χ1) is 8.77. The summed E-state index contributed by atoms with van der Waals surface area (Å²) in [5.41, 5.74) is 5.56. The Morgan fingerprint density at radius 1 is 1.53 bits per heavy atom. The van der Waals surface area contributed by atoms with Crippen LogP contribution in [0, 0.1) is 5.41 Å². The second-order valence-corrected chi connectivity index (χ2v) is 6.21. The summed E-state index contributed by atoms with van der Waals surface area (Å²) in [6, 6.07) is 5.31. The summed E-state index contributed by atoms with van der Waals surface area (Å²) < 4.78 is 0.912. The molecule has 1 rings (SSSR count). The molecular formula is C14H21BrN2O2. The lowest BCUT2D eigenvalue weighted by Crippen LogP contribution is -2.41. The number of rotatable bonds is 6. The van der Waals surface area contributed by atoms with Gasteiger partial charge in [-0.3, -0.25) is 4.79 Å². The highest BCUT2D eigenvalue weighted by Gasteiger charge is 2.26. The van der Waals surface area contributed by atoms with Crippen molar-refractivity contribution in [3.8, 4) is 5.75 Å². The number of halogens is 1. The molecule has 4 N–H and O–H groups in total. The Hall–Kier alpha value is -1.07. The van der Waals surface area contributed by atoms with Crippen LogP contribution in [-0.2, 0) is 4.79 Å². The molecular weight excluding hydrogens is 308 g/mol. The Labute approximate surface area is 122 Å². The quantitative estimate of drug-likeness (QED) is 0.751. The van der Waals surface area contributed by atoms with Crippen LogP contribution in [0.5, 0.6) is 5.75 Å². The van der Waals surface area contributed by atoms with E-state index in [1.165, 1.54) is 0 Å². The zero-order valence-electron chi connectivity index (χ0n) is 11.5. The highest BCUT2D eigenvalue weighted by molar-refractivity contribution is 9.10. The molecule has 0 aromatic heterocycles. The van der Waals surface area contributed by atoms with E-state index in [-0.39, 0.29) is 17.7 Å². The maximum absolute atomic E-state index is 11.3. The molecule has 1 unspecified atom stereocenters. The van der Waals surface area contributed by atoms with Gasteiger partial charge in [-0.25, -0.2) is 0 Å². The molecule has 0 aliphatic rings. The number of primary amides is 1. The van der Waals surface area contributed by atoms with Gasteiger partial charge in [-0.1, -0.05) is 22.9 Å². The second-order valence-electron chi connectivity index (χ2n) is 5.29. The molecule has 4 nitrogen and oxygen atoms in total. The number of phenols is 1. The first kappa shape index (κ1) is 16.0. The molecule has 1 aromatic rings. The van der Waals surface area contributed by atoms with E-state index in [1.54, 1.807) is 26.0 Å². The smallest absolute Gasteiger partial charge is 0.224 e. The summed E-state index contributed by atoms with van der Waals surface area (Å²) in [5.74, 6) is -0.0900. The van der Waals surface area contributed by atoms with Crippen molar-refractivity contribution < 1.29 is 9.90 Å². The highest BCUT2D eigenvalue weighted by Crippen LogP contribution is 2.30. The minimum absolute atomic E-state index is 0.0175. The predicted octanol–water partition coefficient (Wildman–Crippen LogP) is 2.71. The number of nitrogens with one attached hydrogen (secondary N) is 1. The number of amides is 1. The lowest BCUT2D eigenvalue weighted by molar-refractivity contribution is -0.125. The lowest BCUT2D eigenvalue weighted by atomic mass is 9.91. The summed E-state index contributed by atoms with van der Waals surface area (Å²) in [4.78, 5) is 11.3. The number of nitrogens with two attached hydrogens (primary N) is 1. The highest BCUT2D eigenvalue weighted by atomic mass is 79.9. The fraction of sp³-hybridized carbons (Fsp3) is 0.500. The van der Waals surface area contributed by atoms with Gasteiger partial charge in [0.05, 0.1) is 5.41 Å². The van der Waals surface area contributed by atoms with Gasteiger partial charge in [-0.15, -0.1) is 0 Å². The monoisotopic (exact) mass is 328 g/mol. The molecule has 0 spiro atoms. The Kier molecular flexibility index (Phi) is 5.38. The van der Waals surface area contributed by atoms with E-state index in [9.17, 15) is 9.90 Å². The third kappa shape index (κ3) is 4.21. The van der Waals surface area contributed by atoms with E-state index in [0.717, 1.165) is 16.5 Å². The number of hydrogen-bond donors (Lipinski definition) is 3. The molecule has 0 saturated carbocycles. The summed E-state index contributed by atoms with van der Waals surface area (Å²) in [5, 5.41) is 13.2. The van der Waals surface area contributed by atoms with Gasteiger partial charge in [0, 0.05) is 22.6 Å². The molecule has 0 fully saturated rings. The lowest BCUT2D eigenvalue weighted by Gasteiger charge is -2.26. The van der Waals surface area contributed by atoms with Crippen LogP contribution >= 0.6 is 15.9 Å². The van der Waals surface area contributed by atoms with Crippen molar-refractivity contribution in [2.45, 2.75) is 33.2 Å². The summed E-state index contributed by atoms with van der Waals surface area (Å²) in [6.45, 7) is 6.09.